The molecule has 2 aromatic carbocycles. The summed E-state index contributed by atoms with van der Waals surface area (Å²) in [6.45, 7) is 1.23. The number of hydrogen-bond donors (Lipinski definition) is 0. The molecule has 0 amide bonds. The van der Waals surface area contributed by atoms with Crippen molar-refractivity contribution in [3.05, 3.63) is 64.2 Å². The highest BCUT2D eigenvalue weighted by Gasteiger charge is 2.09. The van der Waals surface area contributed by atoms with Crippen molar-refractivity contribution in [1.82, 2.24) is 0 Å². The van der Waals surface area contributed by atoms with Gasteiger partial charge in [0.25, 0.3) is 0 Å². The highest BCUT2D eigenvalue weighted by atomic mass is 35.5. The van der Waals surface area contributed by atoms with Crippen molar-refractivity contribution in [1.29, 1.82) is 0 Å². The molecule has 0 aliphatic carbocycles. The van der Waals surface area contributed by atoms with Crippen molar-refractivity contribution in [2.45, 2.75) is 13.5 Å². The molecular formula is C15H11ClF2O2. The fraction of sp³-hybridized carbons (Fsp3) is 0.133. The van der Waals surface area contributed by atoms with Crippen molar-refractivity contribution >= 4 is 17.4 Å². The molecule has 2 aromatic rings. The smallest absolute Gasteiger partial charge is 0.162 e. The molecule has 0 saturated carbocycles. The molecule has 0 bridgehead atoms. The summed E-state index contributed by atoms with van der Waals surface area (Å²) in [5, 5.41) is 0.295. The number of halogens is 3. The maximum absolute atomic E-state index is 13.6. The first-order valence-corrected chi connectivity index (χ1v) is 6.22. The Morgan fingerprint density at radius 1 is 1.15 bits per heavy atom. The third-order valence-electron chi connectivity index (χ3n) is 2.73. The monoisotopic (exact) mass is 296 g/mol. The van der Waals surface area contributed by atoms with Crippen molar-refractivity contribution in [2.24, 2.45) is 0 Å². The number of carbonyl (C=O) groups is 1. The lowest BCUT2D eigenvalue weighted by atomic mass is 10.1. The zero-order chi connectivity index (χ0) is 14.7. The SMILES string of the molecule is CC(=O)c1ccc(OCc2ccc(Cl)cc2F)cc1F. The van der Waals surface area contributed by atoms with E-state index < -0.39 is 11.6 Å². The topological polar surface area (TPSA) is 26.3 Å². The minimum absolute atomic E-state index is 0.00461. The summed E-state index contributed by atoms with van der Waals surface area (Å²) in [7, 11) is 0. The van der Waals surface area contributed by atoms with Gasteiger partial charge in [-0.05, 0) is 31.2 Å². The Labute approximate surface area is 119 Å². The first-order chi connectivity index (χ1) is 9.47. The van der Waals surface area contributed by atoms with Crippen LogP contribution in [0.5, 0.6) is 5.75 Å². The van der Waals surface area contributed by atoms with Crippen molar-refractivity contribution in [3.8, 4) is 5.75 Å². The number of benzene rings is 2. The van der Waals surface area contributed by atoms with Gasteiger partial charge < -0.3 is 4.74 Å². The maximum Gasteiger partial charge on any atom is 0.162 e. The fourth-order valence-electron chi connectivity index (χ4n) is 1.67. The number of Topliss-reactive ketones (excluding diaryl/α,β-unsaturated/α-hetero) is 1. The molecule has 0 aliphatic heterocycles. The first-order valence-electron chi connectivity index (χ1n) is 5.84. The lowest BCUT2D eigenvalue weighted by Gasteiger charge is -2.08. The molecule has 0 saturated heterocycles. The molecule has 0 unspecified atom stereocenters. The van der Waals surface area contributed by atoms with Crippen LogP contribution in [0, 0.1) is 11.6 Å². The second-order valence-electron chi connectivity index (χ2n) is 4.22. The van der Waals surface area contributed by atoms with E-state index in [0.29, 0.717) is 10.6 Å². The predicted molar refractivity (Wildman–Crippen MR) is 72.1 cm³/mol. The van der Waals surface area contributed by atoms with Crippen LogP contribution >= 0.6 is 11.6 Å². The van der Waals surface area contributed by atoms with Gasteiger partial charge in [-0.3, -0.25) is 4.79 Å². The average molecular weight is 297 g/mol. The van der Waals surface area contributed by atoms with Crippen molar-refractivity contribution in [2.75, 3.05) is 0 Å². The van der Waals surface area contributed by atoms with Crippen LogP contribution in [0.3, 0.4) is 0 Å². The Bertz CT molecular complexity index is 656. The molecule has 2 rings (SSSR count). The van der Waals surface area contributed by atoms with E-state index in [1.807, 2.05) is 0 Å². The summed E-state index contributed by atoms with van der Waals surface area (Å²) in [5.41, 5.74) is 0.306. The molecule has 0 radical (unpaired) electrons. The highest BCUT2D eigenvalue weighted by molar-refractivity contribution is 6.30. The summed E-state index contributed by atoms with van der Waals surface area (Å²) in [6.07, 6.45) is 0. The molecular weight excluding hydrogens is 286 g/mol. The van der Waals surface area contributed by atoms with Gasteiger partial charge in [0.05, 0.1) is 5.56 Å². The van der Waals surface area contributed by atoms with Crippen LogP contribution < -0.4 is 4.74 Å². The van der Waals surface area contributed by atoms with Gasteiger partial charge in [-0.1, -0.05) is 17.7 Å². The van der Waals surface area contributed by atoms with Crippen LogP contribution in [0.15, 0.2) is 36.4 Å². The van der Waals surface area contributed by atoms with Crippen LogP contribution in [0.25, 0.3) is 0 Å². The zero-order valence-electron chi connectivity index (χ0n) is 10.6. The molecule has 0 spiro atoms. The molecule has 104 valence electrons. The number of rotatable bonds is 4. The van der Waals surface area contributed by atoms with Crippen LogP contribution in [0.1, 0.15) is 22.8 Å². The van der Waals surface area contributed by atoms with Gasteiger partial charge in [0.15, 0.2) is 5.78 Å². The molecule has 0 atom stereocenters. The quantitative estimate of drug-likeness (QED) is 0.782. The molecule has 0 aliphatic rings. The third-order valence-corrected chi connectivity index (χ3v) is 2.96. The van der Waals surface area contributed by atoms with Gasteiger partial charge in [-0.2, -0.15) is 0 Å². The molecule has 0 fully saturated rings. The number of ketones is 1. The van der Waals surface area contributed by atoms with E-state index in [1.54, 1.807) is 6.07 Å². The summed E-state index contributed by atoms with van der Waals surface area (Å²) in [5.74, 6) is -1.29. The van der Waals surface area contributed by atoms with E-state index in [2.05, 4.69) is 0 Å². The van der Waals surface area contributed by atoms with E-state index in [1.165, 1.54) is 31.2 Å². The molecule has 20 heavy (non-hydrogen) atoms. The van der Waals surface area contributed by atoms with E-state index in [4.69, 9.17) is 16.3 Å². The Morgan fingerprint density at radius 2 is 1.90 bits per heavy atom. The zero-order valence-corrected chi connectivity index (χ0v) is 11.4. The molecule has 0 heterocycles. The summed E-state index contributed by atoms with van der Waals surface area (Å²) in [4.78, 5) is 11.1. The summed E-state index contributed by atoms with van der Waals surface area (Å²) in [6, 6.07) is 8.13. The van der Waals surface area contributed by atoms with E-state index in [-0.39, 0.29) is 23.7 Å². The van der Waals surface area contributed by atoms with Gasteiger partial charge in [0.1, 0.15) is 24.0 Å². The minimum atomic E-state index is -0.661. The standard InChI is InChI=1S/C15H11ClF2O2/c1-9(19)13-5-4-12(7-15(13)18)20-8-10-2-3-11(16)6-14(10)17/h2-7H,8H2,1H3. The Kier molecular flexibility index (Phi) is 4.35. The van der Waals surface area contributed by atoms with E-state index in [9.17, 15) is 13.6 Å². The Balaban J connectivity index is 2.11. The fourth-order valence-corrected chi connectivity index (χ4v) is 1.83. The molecule has 0 N–H and O–H groups in total. The van der Waals surface area contributed by atoms with Crippen LogP contribution in [0.4, 0.5) is 8.78 Å². The maximum atomic E-state index is 13.6. The van der Waals surface area contributed by atoms with E-state index in [0.717, 1.165) is 6.07 Å². The number of hydrogen-bond acceptors (Lipinski definition) is 2. The Hall–Kier alpha value is -1.94. The average Bonchev–Trinajstić information content (AvgIpc) is 2.37. The molecule has 2 nitrogen and oxygen atoms in total. The predicted octanol–water partition coefficient (Wildman–Crippen LogP) is 4.40. The van der Waals surface area contributed by atoms with Gasteiger partial charge in [0.2, 0.25) is 0 Å². The number of ether oxygens (including phenoxy) is 1. The third kappa shape index (κ3) is 3.33. The molecule has 0 aromatic heterocycles. The minimum Gasteiger partial charge on any atom is -0.489 e. The highest BCUT2D eigenvalue weighted by Crippen LogP contribution is 2.20. The van der Waals surface area contributed by atoms with Crippen molar-refractivity contribution < 1.29 is 18.3 Å². The second kappa shape index (κ2) is 6.01. The van der Waals surface area contributed by atoms with E-state index >= 15 is 0 Å². The van der Waals surface area contributed by atoms with Gasteiger partial charge in [-0.25, -0.2) is 8.78 Å². The lowest BCUT2D eigenvalue weighted by molar-refractivity contribution is 0.101. The largest absolute Gasteiger partial charge is 0.489 e. The van der Waals surface area contributed by atoms with Crippen LogP contribution in [0.2, 0.25) is 5.02 Å². The summed E-state index contributed by atoms with van der Waals surface area (Å²) < 4.78 is 32.4. The normalized spacial score (nSPS) is 10.4. The summed E-state index contributed by atoms with van der Waals surface area (Å²) >= 11 is 5.64. The van der Waals surface area contributed by atoms with Gasteiger partial charge >= 0.3 is 0 Å². The first kappa shape index (κ1) is 14.5. The lowest BCUT2D eigenvalue weighted by Crippen LogP contribution is -2.01. The number of carbonyl (C=O) groups excluding carboxylic acids is 1. The van der Waals surface area contributed by atoms with Crippen LogP contribution in [-0.4, -0.2) is 5.78 Å². The second-order valence-corrected chi connectivity index (χ2v) is 4.66. The molecule has 5 heteroatoms. The van der Waals surface area contributed by atoms with Crippen molar-refractivity contribution in [3.63, 3.8) is 0 Å². The van der Waals surface area contributed by atoms with Gasteiger partial charge in [0, 0.05) is 16.7 Å². The Morgan fingerprint density at radius 3 is 2.50 bits per heavy atom. The van der Waals surface area contributed by atoms with Gasteiger partial charge in [-0.15, -0.1) is 0 Å². The van der Waals surface area contributed by atoms with Crippen LogP contribution in [-0.2, 0) is 6.61 Å².